The van der Waals surface area contributed by atoms with E-state index in [0.717, 1.165) is 37.4 Å². The number of para-hydroxylation sites is 2. The van der Waals surface area contributed by atoms with Gasteiger partial charge >= 0.3 is 6.03 Å². The summed E-state index contributed by atoms with van der Waals surface area (Å²) in [4.78, 5) is 41.1. The van der Waals surface area contributed by atoms with Gasteiger partial charge in [-0.3, -0.25) is 9.59 Å². The molecule has 3 rings (SSSR count). The van der Waals surface area contributed by atoms with Crippen molar-refractivity contribution in [2.45, 2.75) is 62.4 Å². The summed E-state index contributed by atoms with van der Waals surface area (Å²) in [7, 11) is 0. The molecule has 6 nitrogen and oxygen atoms in total. The van der Waals surface area contributed by atoms with Gasteiger partial charge in [-0.2, -0.15) is 0 Å². The summed E-state index contributed by atoms with van der Waals surface area (Å²) < 4.78 is 1.49. The quantitative estimate of drug-likeness (QED) is 0.640. The Morgan fingerprint density at radius 2 is 1.77 bits per heavy atom. The lowest BCUT2D eigenvalue weighted by Crippen LogP contribution is -2.39. The van der Waals surface area contributed by atoms with E-state index < -0.39 is 5.25 Å². The zero-order valence-corrected chi connectivity index (χ0v) is 15.8. The number of nitrogens with zero attached hydrogens (tertiary/aromatic N) is 2. The highest BCUT2D eigenvalue weighted by Gasteiger charge is 2.27. The lowest BCUT2D eigenvalue weighted by Gasteiger charge is -2.23. The lowest BCUT2D eigenvalue weighted by molar-refractivity contribution is -0.123. The maximum Gasteiger partial charge on any atom is 0.328 e. The molecule has 1 saturated carbocycles. The number of hydrogen-bond acceptors (Lipinski definition) is 5. The Hall–Kier alpha value is -2.15. The fourth-order valence-electron chi connectivity index (χ4n) is 3.32. The van der Waals surface area contributed by atoms with Crippen molar-refractivity contribution in [2.75, 3.05) is 0 Å². The molecular weight excluding hydrogens is 350 g/mol. The van der Waals surface area contributed by atoms with Gasteiger partial charge in [0, 0.05) is 6.04 Å². The van der Waals surface area contributed by atoms with Crippen molar-refractivity contribution >= 4 is 40.4 Å². The number of imidazole rings is 1. The smallest absolute Gasteiger partial charge is 0.328 e. The van der Waals surface area contributed by atoms with Gasteiger partial charge in [-0.05, 0) is 38.8 Å². The second-order valence-electron chi connectivity index (χ2n) is 6.72. The predicted molar refractivity (Wildman–Crippen MR) is 102 cm³/mol. The van der Waals surface area contributed by atoms with Crippen LogP contribution in [-0.4, -0.2) is 38.4 Å². The first-order valence-corrected chi connectivity index (χ1v) is 9.81. The van der Waals surface area contributed by atoms with Gasteiger partial charge in [-0.1, -0.05) is 43.2 Å². The number of rotatable bonds is 5. The second kappa shape index (κ2) is 8.03. The van der Waals surface area contributed by atoms with Gasteiger partial charge in [0.05, 0.1) is 11.0 Å². The number of Topliss-reactive ketones (excluding diaryl/α,β-unsaturated/α-hetero) is 2. The van der Waals surface area contributed by atoms with E-state index in [1.807, 2.05) is 24.3 Å². The van der Waals surface area contributed by atoms with Crippen molar-refractivity contribution in [1.29, 1.82) is 0 Å². The molecule has 1 fully saturated rings. The molecule has 2 aromatic rings. The zero-order valence-electron chi connectivity index (χ0n) is 15.0. The number of nitrogens with one attached hydrogen (secondary N) is 1. The van der Waals surface area contributed by atoms with Crippen molar-refractivity contribution < 1.29 is 14.4 Å². The molecule has 1 aromatic heterocycles. The van der Waals surface area contributed by atoms with Gasteiger partial charge in [-0.25, -0.2) is 14.3 Å². The standard InChI is InChI=1S/C19H23N3O3S/c1-12(23)17(13(2)24)26-19-21-15-10-6-7-11-16(15)22(19)18(25)20-14-8-4-3-5-9-14/h6-7,10-11,14,17H,3-5,8-9H2,1-2H3,(H,20,25). The minimum atomic E-state index is -0.854. The molecule has 26 heavy (non-hydrogen) atoms. The van der Waals surface area contributed by atoms with Crippen LogP contribution in [0.25, 0.3) is 11.0 Å². The van der Waals surface area contributed by atoms with Gasteiger partial charge in [0.15, 0.2) is 16.7 Å². The maximum atomic E-state index is 13.0. The molecule has 1 aliphatic rings. The first-order chi connectivity index (χ1) is 12.5. The minimum absolute atomic E-state index is 0.159. The number of hydrogen-bond donors (Lipinski definition) is 1. The Morgan fingerprint density at radius 1 is 1.12 bits per heavy atom. The van der Waals surface area contributed by atoms with Gasteiger partial charge in [0.2, 0.25) is 0 Å². The zero-order chi connectivity index (χ0) is 18.7. The Morgan fingerprint density at radius 3 is 2.42 bits per heavy atom. The molecule has 1 heterocycles. The summed E-state index contributed by atoms with van der Waals surface area (Å²) >= 11 is 1.04. The van der Waals surface area contributed by atoms with E-state index in [2.05, 4.69) is 10.3 Å². The number of carbonyl (C=O) groups excluding carboxylic acids is 3. The van der Waals surface area contributed by atoms with Gasteiger partial charge < -0.3 is 5.32 Å². The summed E-state index contributed by atoms with van der Waals surface area (Å²) in [6.07, 6.45) is 5.40. The molecule has 0 atom stereocenters. The van der Waals surface area contributed by atoms with Crippen LogP contribution in [0.15, 0.2) is 29.4 Å². The first-order valence-electron chi connectivity index (χ1n) is 8.93. The van der Waals surface area contributed by atoms with E-state index in [9.17, 15) is 14.4 Å². The van der Waals surface area contributed by atoms with Crippen LogP contribution in [0.4, 0.5) is 4.79 Å². The predicted octanol–water partition coefficient (Wildman–Crippen LogP) is 3.57. The van der Waals surface area contributed by atoms with E-state index in [-0.39, 0.29) is 23.6 Å². The summed E-state index contributed by atoms with van der Waals surface area (Å²) in [5.41, 5.74) is 1.34. The van der Waals surface area contributed by atoms with Crippen LogP contribution >= 0.6 is 11.8 Å². The number of thioether (sulfide) groups is 1. The Bertz CT molecular complexity index is 826. The number of aromatic nitrogens is 2. The Kier molecular flexibility index (Phi) is 5.76. The van der Waals surface area contributed by atoms with Gasteiger partial charge in [0.1, 0.15) is 5.25 Å². The first kappa shape index (κ1) is 18.6. The molecule has 1 N–H and O–H groups in total. The van der Waals surface area contributed by atoms with Crippen LogP contribution < -0.4 is 5.32 Å². The Labute approximate surface area is 156 Å². The third-order valence-corrected chi connectivity index (χ3v) is 6.01. The fourth-order valence-corrected chi connectivity index (χ4v) is 4.30. The number of carbonyl (C=O) groups is 3. The molecule has 1 aliphatic carbocycles. The van der Waals surface area contributed by atoms with E-state index in [0.29, 0.717) is 16.2 Å². The summed E-state index contributed by atoms with van der Waals surface area (Å²) in [6.45, 7) is 2.77. The summed E-state index contributed by atoms with van der Waals surface area (Å²) in [6, 6.07) is 7.24. The van der Waals surface area contributed by atoms with E-state index in [1.54, 1.807) is 0 Å². The summed E-state index contributed by atoms with van der Waals surface area (Å²) in [5.74, 6) is -0.484. The minimum Gasteiger partial charge on any atom is -0.335 e. The van der Waals surface area contributed by atoms with Crippen molar-refractivity contribution in [2.24, 2.45) is 0 Å². The average molecular weight is 373 g/mol. The molecule has 0 bridgehead atoms. The molecular formula is C19H23N3O3S. The SMILES string of the molecule is CC(=O)C(Sc1nc2ccccc2n1C(=O)NC1CCCCC1)C(C)=O. The van der Waals surface area contributed by atoms with Crippen molar-refractivity contribution in [3.8, 4) is 0 Å². The highest BCUT2D eigenvalue weighted by molar-refractivity contribution is 8.01. The fraction of sp³-hybridized carbons (Fsp3) is 0.474. The highest BCUT2D eigenvalue weighted by atomic mass is 32.2. The van der Waals surface area contributed by atoms with Crippen LogP contribution in [0.3, 0.4) is 0 Å². The normalized spacial score (nSPS) is 15.3. The van der Waals surface area contributed by atoms with Crippen LogP contribution in [0.1, 0.15) is 46.0 Å². The molecule has 0 unspecified atom stereocenters. The molecule has 0 radical (unpaired) electrons. The lowest BCUT2D eigenvalue weighted by atomic mass is 9.96. The highest BCUT2D eigenvalue weighted by Crippen LogP contribution is 2.28. The van der Waals surface area contributed by atoms with Crippen LogP contribution in [0.5, 0.6) is 0 Å². The monoisotopic (exact) mass is 373 g/mol. The van der Waals surface area contributed by atoms with Crippen LogP contribution in [-0.2, 0) is 9.59 Å². The Balaban J connectivity index is 1.94. The van der Waals surface area contributed by atoms with Crippen LogP contribution in [0.2, 0.25) is 0 Å². The largest absolute Gasteiger partial charge is 0.335 e. The summed E-state index contributed by atoms with van der Waals surface area (Å²) in [5, 5.41) is 2.60. The van der Waals surface area contributed by atoms with Gasteiger partial charge in [-0.15, -0.1) is 0 Å². The molecule has 0 aliphatic heterocycles. The molecule has 1 aromatic carbocycles. The van der Waals surface area contributed by atoms with Gasteiger partial charge in [0.25, 0.3) is 0 Å². The number of fused-ring (bicyclic) bond motifs is 1. The third kappa shape index (κ3) is 3.98. The average Bonchev–Trinajstić information content (AvgIpc) is 2.98. The number of benzene rings is 1. The van der Waals surface area contributed by atoms with Crippen LogP contribution in [0, 0.1) is 0 Å². The van der Waals surface area contributed by atoms with E-state index in [4.69, 9.17) is 0 Å². The molecule has 0 saturated heterocycles. The van der Waals surface area contributed by atoms with Crippen molar-refractivity contribution in [3.63, 3.8) is 0 Å². The van der Waals surface area contributed by atoms with Crippen molar-refractivity contribution in [3.05, 3.63) is 24.3 Å². The molecule has 0 spiro atoms. The second-order valence-corrected chi connectivity index (χ2v) is 7.79. The van der Waals surface area contributed by atoms with E-state index in [1.165, 1.54) is 24.8 Å². The topological polar surface area (TPSA) is 81.1 Å². The molecule has 138 valence electrons. The third-order valence-electron chi connectivity index (χ3n) is 4.63. The van der Waals surface area contributed by atoms with Crippen molar-refractivity contribution in [1.82, 2.24) is 14.9 Å². The molecule has 7 heteroatoms. The number of amides is 1. The van der Waals surface area contributed by atoms with E-state index >= 15 is 0 Å². The number of ketones is 2. The molecule has 1 amide bonds. The maximum absolute atomic E-state index is 13.0.